The second-order valence-electron chi connectivity index (χ2n) is 3.34. The van der Waals surface area contributed by atoms with Gasteiger partial charge in [0.25, 0.3) is 0 Å². The van der Waals surface area contributed by atoms with E-state index < -0.39 is 0 Å². The van der Waals surface area contributed by atoms with Crippen LogP contribution in [0.4, 0.5) is 4.79 Å². The van der Waals surface area contributed by atoms with E-state index in [1.54, 1.807) is 6.92 Å². The molecule has 1 heterocycles. The van der Waals surface area contributed by atoms with E-state index in [0.29, 0.717) is 6.61 Å². The SMILES string of the molecule is CCOC(=O)Sc1cccn1-c1ccccc1. The molecule has 0 aliphatic rings. The van der Waals surface area contributed by atoms with Crippen LogP contribution in [0.15, 0.2) is 53.7 Å². The molecule has 88 valence electrons. The van der Waals surface area contributed by atoms with Gasteiger partial charge in [-0.15, -0.1) is 0 Å². The molecule has 0 spiro atoms. The largest absolute Gasteiger partial charge is 0.458 e. The predicted octanol–water partition coefficient (Wildman–Crippen LogP) is 3.73. The van der Waals surface area contributed by atoms with Crippen LogP contribution < -0.4 is 0 Å². The Balaban J connectivity index is 2.20. The molecule has 0 saturated heterocycles. The topological polar surface area (TPSA) is 31.2 Å². The number of hydrogen-bond donors (Lipinski definition) is 0. The first-order valence-corrected chi connectivity index (χ1v) is 6.20. The first-order valence-electron chi connectivity index (χ1n) is 5.38. The zero-order valence-corrected chi connectivity index (χ0v) is 10.3. The Morgan fingerprint density at radius 2 is 2.00 bits per heavy atom. The molecule has 0 radical (unpaired) electrons. The summed E-state index contributed by atoms with van der Waals surface area (Å²) in [6.07, 6.45) is 1.93. The summed E-state index contributed by atoms with van der Waals surface area (Å²) in [5.74, 6) is 0. The Morgan fingerprint density at radius 1 is 1.24 bits per heavy atom. The molecule has 0 atom stereocenters. The summed E-state index contributed by atoms with van der Waals surface area (Å²) in [7, 11) is 0. The van der Waals surface area contributed by atoms with Gasteiger partial charge in [0, 0.05) is 23.6 Å². The summed E-state index contributed by atoms with van der Waals surface area (Å²) in [4.78, 5) is 11.4. The van der Waals surface area contributed by atoms with Crippen LogP contribution in [0.3, 0.4) is 0 Å². The van der Waals surface area contributed by atoms with Crippen LogP contribution in [0.1, 0.15) is 6.92 Å². The van der Waals surface area contributed by atoms with Crippen molar-refractivity contribution in [3.8, 4) is 5.69 Å². The maximum Gasteiger partial charge on any atom is 0.373 e. The van der Waals surface area contributed by atoms with Crippen LogP contribution in [0, 0.1) is 0 Å². The molecule has 0 fully saturated rings. The molecule has 2 aromatic rings. The Morgan fingerprint density at radius 3 is 2.71 bits per heavy atom. The predicted molar refractivity (Wildman–Crippen MR) is 68.6 cm³/mol. The van der Waals surface area contributed by atoms with Crippen molar-refractivity contribution in [2.24, 2.45) is 0 Å². The van der Waals surface area contributed by atoms with Crippen molar-refractivity contribution in [3.63, 3.8) is 0 Å². The number of nitrogens with zero attached hydrogens (tertiary/aromatic N) is 1. The lowest BCUT2D eigenvalue weighted by Gasteiger charge is -2.07. The van der Waals surface area contributed by atoms with Crippen LogP contribution in [-0.4, -0.2) is 16.5 Å². The van der Waals surface area contributed by atoms with Crippen molar-refractivity contribution < 1.29 is 9.53 Å². The van der Waals surface area contributed by atoms with Gasteiger partial charge in [0.1, 0.15) is 0 Å². The highest BCUT2D eigenvalue weighted by atomic mass is 32.2. The normalized spacial score (nSPS) is 10.2. The fraction of sp³-hybridized carbons (Fsp3) is 0.154. The monoisotopic (exact) mass is 247 g/mol. The summed E-state index contributed by atoms with van der Waals surface area (Å²) in [6.45, 7) is 2.20. The van der Waals surface area contributed by atoms with E-state index in [9.17, 15) is 4.79 Å². The molecule has 17 heavy (non-hydrogen) atoms. The third-order valence-electron chi connectivity index (χ3n) is 2.20. The average molecular weight is 247 g/mol. The minimum absolute atomic E-state index is 0.275. The molecule has 3 nitrogen and oxygen atoms in total. The molecule has 1 aromatic heterocycles. The summed E-state index contributed by atoms with van der Waals surface area (Å²) in [5, 5.41) is 0.582. The van der Waals surface area contributed by atoms with E-state index in [0.717, 1.165) is 22.5 Å². The molecular formula is C13H13NO2S. The Kier molecular flexibility index (Phi) is 3.88. The third-order valence-corrected chi connectivity index (χ3v) is 3.02. The minimum atomic E-state index is -0.275. The van der Waals surface area contributed by atoms with Crippen LogP contribution in [-0.2, 0) is 4.74 Å². The number of carbonyl (C=O) groups is 1. The summed E-state index contributed by atoms with van der Waals surface area (Å²) < 4.78 is 6.88. The molecule has 2 rings (SSSR count). The van der Waals surface area contributed by atoms with Crippen molar-refractivity contribution in [1.29, 1.82) is 0 Å². The number of hydrogen-bond acceptors (Lipinski definition) is 3. The third kappa shape index (κ3) is 2.91. The lowest BCUT2D eigenvalue weighted by molar-refractivity contribution is 0.181. The second kappa shape index (κ2) is 5.59. The van der Waals surface area contributed by atoms with Crippen LogP contribution in [0.2, 0.25) is 0 Å². The van der Waals surface area contributed by atoms with Gasteiger partial charge in [-0.2, -0.15) is 0 Å². The van der Waals surface area contributed by atoms with E-state index >= 15 is 0 Å². The fourth-order valence-corrected chi connectivity index (χ4v) is 2.24. The van der Waals surface area contributed by atoms with Gasteiger partial charge in [-0.25, -0.2) is 4.79 Å². The van der Waals surface area contributed by atoms with E-state index in [1.165, 1.54) is 0 Å². The molecule has 0 aliphatic heterocycles. The molecule has 0 saturated carbocycles. The van der Waals surface area contributed by atoms with Gasteiger partial charge in [0.05, 0.1) is 11.6 Å². The molecular weight excluding hydrogens is 234 g/mol. The Labute approximate surface area is 104 Å². The highest BCUT2D eigenvalue weighted by Gasteiger charge is 2.09. The van der Waals surface area contributed by atoms with Gasteiger partial charge in [0.15, 0.2) is 0 Å². The molecule has 0 amide bonds. The molecule has 1 aromatic carbocycles. The number of rotatable bonds is 3. The first-order chi connectivity index (χ1) is 8.31. The van der Waals surface area contributed by atoms with E-state index in [2.05, 4.69) is 0 Å². The number of aromatic nitrogens is 1. The zero-order chi connectivity index (χ0) is 12.1. The lowest BCUT2D eigenvalue weighted by atomic mass is 10.3. The van der Waals surface area contributed by atoms with E-state index in [4.69, 9.17) is 4.74 Å². The lowest BCUT2D eigenvalue weighted by Crippen LogP contribution is -1.99. The molecule has 0 unspecified atom stereocenters. The van der Waals surface area contributed by atoms with E-state index in [1.807, 2.05) is 53.2 Å². The smallest absolute Gasteiger partial charge is 0.373 e. The zero-order valence-electron chi connectivity index (χ0n) is 9.50. The molecule has 0 aliphatic carbocycles. The number of benzene rings is 1. The summed E-state index contributed by atoms with van der Waals surface area (Å²) in [5.41, 5.74) is 1.03. The highest BCUT2D eigenvalue weighted by molar-refractivity contribution is 8.13. The van der Waals surface area contributed by atoms with Crippen LogP contribution >= 0.6 is 11.8 Å². The first kappa shape index (κ1) is 11.8. The van der Waals surface area contributed by atoms with Crippen molar-refractivity contribution >= 4 is 17.1 Å². The van der Waals surface area contributed by atoms with Gasteiger partial charge in [-0.3, -0.25) is 0 Å². The van der Waals surface area contributed by atoms with Crippen molar-refractivity contribution in [2.75, 3.05) is 6.61 Å². The minimum Gasteiger partial charge on any atom is -0.458 e. The Hall–Kier alpha value is -1.68. The van der Waals surface area contributed by atoms with Crippen molar-refractivity contribution in [1.82, 2.24) is 4.57 Å². The fourth-order valence-electron chi connectivity index (χ4n) is 1.48. The van der Waals surface area contributed by atoms with Gasteiger partial charge in [-0.1, -0.05) is 18.2 Å². The molecule has 0 bridgehead atoms. The summed E-state index contributed by atoms with van der Waals surface area (Å²) in [6, 6.07) is 13.7. The average Bonchev–Trinajstić information content (AvgIpc) is 2.78. The summed E-state index contributed by atoms with van der Waals surface area (Å²) >= 11 is 1.10. The maximum atomic E-state index is 11.4. The highest BCUT2D eigenvalue weighted by Crippen LogP contribution is 2.24. The maximum absolute atomic E-state index is 11.4. The van der Waals surface area contributed by atoms with Gasteiger partial charge in [-0.05, 0) is 31.2 Å². The molecule has 0 N–H and O–H groups in total. The van der Waals surface area contributed by atoms with Crippen LogP contribution in [0.25, 0.3) is 5.69 Å². The van der Waals surface area contributed by atoms with Crippen molar-refractivity contribution in [2.45, 2.75) is 11.9 Å². The second-order valence-corrected chi connectivity index (χ2v) is 4.29. The number of thioether (sulfide) groups is 1. The van der Waals surface area contributed by atoms with Gasteiger partial charge >= 0.3 is 5.30 Å². The van der Waals surface area contributed by atoms with Gasteiger partial charge in [0.2, 0.25) is 0 Å². The van der Waals surface area contributed by atoms with Crippen molar-refractivity contribution in [3.05, 3.63) is 48.7 Å². The number of carbonyl (C=O) groups excluding carboxylic acids is 1. The molecule has 4 heteroatoms. The quantitative estimate of drug-likeness (QED) is 0.611. The number of ether oxygens (including phenoxy) is 1. The Bertz CT molecular complexity index is 493. The van der Waals surface area contributed by atoms with Gasteiger partial charge < -0.3 is 9.30 Å². The standard InChI is InChI=1S/C13H13NO2S/c1-2-16-13(15)17-12-9-6-10-14(12)11-7-4-3-5-8-11/h3-10H,2H2,1H3. The van der Waals surface area contributed by atoms with E-state index in [-0.39, 0.29) is 5.30 Å². The van der Waals surface area contributed by atoms with Crippen LogP contribution in [0.5, 0.6) is 0 Å². The number of para-hydroxylation sites is 1.